The summed E-state index contributed by atoms with van der Waals surface area (Å²) in [5.74, 6) is 0. The fraction of sp³-hybridized carbons (Fsp3) is 0.294. The van der Waals surface area contributed by atoms with Gasteiger partial charge in [-0.2, -0.15) is 0 Å². The summed E-state index contributed by atoms with van der Waals surface area (Å²) in [6.07, 6.45) is 2.56. The molecule has 2 aromatic carbocycles. The fourth-order valence-electron chi connectivity index (χ4n) is 2.53. The van der Waals surface area contributed by atoms with Crippen LogP contribution in [0, 0.1) is 0 Å². The molecule has 0 aliphatic carbocycles. The van der Waals surface area contributed by atoms with Gasteiger partial charge in [0, 0.05) is 0 Å². The summed E-state index contributed by atoms with van der Waals surface area (Å²) in [5, 5.41) is 0. The van der Waals surface area contributed by atoms with Gasteiger partial charge in [-0.05, 0) is 0 Å². The second-order valence-electron chi connectivity index (χ2n) is 5.10. The Morgan fingerprint density at radius 3 is 2.32 bits per heavy atom. The van der Waals surface area contributed by atoms with Gasteiger partial charge in [-0.3, -0.25) is 0 Å². The predicted octanol–water partition coefficient (Wildman–Crippen LogP) is 3.28. The summed E-state index contributed by atoms with van der Waals surface area (Å²) in [5.41, 5.74) is 1.31. The van der Waals surface area contributed by atoms with Crippen LogP contribution in [0.15, 0.2) is 60.7 Å². The third kappa shape index (κ3) is 3.09. The van der Waals surface area contributed by atoms with E-state index in [0.29, 0.717) is 15.0 Å². The van der Waals surface area contributed by atoms with E-state index >= 15 is 0 Å². The van der Waals surface area contributed by atoms with E-state index in [9.17, 15) is 0 Å². The second kappa shape index (κ2) is 5.50. The quantitative estimate of drug-likeness (QED) is 0.790. The third-order valence-electron chi connectivity index (χ3n) is 3.50. The number of ether oxygens (including phenoxy) is 1. The van der Waals surface area contributed by atoms with Gasteiger partial charge in [0.1, 0.15) is 0 Å². The third-order valence-corrected chi connectivity index (χ3v) is 6.10. The zero-order valence-electron chi connectivity index (χ0n) is 11.1. The molecule has 0 aromatic heterocycles. The monoisotopic (exact) mass is 318 g/mol. The summed E-state index contributed by atoms with van der Waals surface area (Å²) in [6, 6.07) is 21.3. The fourth-order valence-corrected chi connectivity index (χ4v) is 4.99. The van der Waals surface area contributed by atoms with Crippen molar-refractivity contribution in [1.82, 2.24) is 0 Å². The number of hydrogen-bond donors (Lipinski definition) is 0. The van der Waals surface area contributed by atoms with E-state index in [1.807, 2.05) is 0 Å². The molecule has 2 heteroatoms. The first-order valence-corrected chi connectivity index (χ1v) is 8.43. The van der Waals surface area contributed by atoms with Crippen molar-refractivity contribution in [3.63, 3.8) is 0 Å². The molecule has 2 unspecified atom stereocenters. The Balaban J connectivity index is 1.71. The average molecular weight is 317 g/mol. The summed E-state index contributed by atoms with van der Waals surface area (Å²) in [6.45, 7) is 2.27. The molecule has 1 fully saturated rings. The van der Waals surface area contributed by atoms with Crippen LogP contribution in [0.4, 0.5) is 0 Å². The van der Waals surface area contributed by atoms with Gasteiger partial charge in [0.15, 0.2) is 0 Å². The molecule has 0 saturated carbocycles. The SMILES string of the molecule is CC1([Se]c2ccccc2)CCC(c2ccccc2)O1. The van der Waals surface area contributed by atoms with Crippen molar-refractivity contribution < 1.29 is 4.74 Å². The molecule has 1 nitrogen and oxygen atoms in total. The minimum absolute atomic E-state index is 0.0366. The van der Waals surface area contributed by atoms with Crippen LogP contribution >= 0.6 is 0 Å². The molecular weight excluding hydrogens is 299 g/mol. The summed E-state index contributed by atoms with van der Waals surface area (Å²) in [7, 11) is 0. The van der Waals surface area contributed by atoms with Crippen LogP contribution in [-0.4, -0.2) is 19.5 Å². The van der Waals surface area contributed by atoms with Gasteiger partial charge in [0.05, 0.1) is 0 Å². The van der Waals surface area contributed by atoms with Crippen molar-refractivity contribution in [2.75, 3.05) is 0 Å². The second-order valence-corrected chi connectivity index (χ2v) is 8.33. The number of hydrogen-bond acceptors (Lipinski definition) is 1. The minimum atomic E-state index is 0.0366. The van der Waals surface area contributed by atoms with Gasteiger partial charge in [-0.1, -0.05) is 0 Å². The van der Waals surface area contributed by atoms with Crippen LogP contribution in [0.5, 0.6) is 0 Å². The molecule has 0 amide bonds. The van der Waals surface area contributed by atoms with Crippen LogP contribution < -0.4 is 4.46 Å². The summed E-state index contributed by atoms with van der Waals surface area (Å²) < 4.78 is 7.83. The molecular formula is C17H18OSe. The van der Waals surface area contributed by atoms with Crippen molar-refractivity contribution in [1.29, 1.82) is 0 Å². The van der Waals surface area contributed by atoms with Crippen LogP contribution in [0.1, 0.15) is 31.4 Å². The molecule has 0 radical (unpaired) electrons. The zero-order chi connectivity index (χ0) is 13.1. The summed E-state index contributed by atoms with van der Waals surface area (Å²) in [4.78, 5) is 0. The van der Waals surface area contributed by atoms with Gasteiger partial charge in [-0.15, -0.1) is 0 Å². The first kappa shape index (κ1) is 12.9. The van der Waals surface area contributed by atoms with Gasteiger partial charge in [0.25, 0.3) is 0 Å². The maximum absolute atomic E-state index is 6.37. The van der Waals surface area contributed by atoms with Crippen LogP contribution in [0.25, 0.3) is 0 Å². The van der Waals surface area contributed by atoms with E-state index in [2.05, 4.69) is 67.6 Å². The van der Waals surface area contributed by atoms with Crippen LogP contribution in [-0.2, 0) is 4.74 Å². The first-order chi connectivity index (χ1) is 9.25. The summed E-state index contributed by atoms with van der Waals surface area (Å²) >= 11 is 0.373. The molecule has 1 aliphatic heterocycles. The molecule has 2 aromatic rings. The van der Waals surface area contributed by atoms with E-state index in [-0.39, 0.29) is 10.6 Å². The van der Waals surface area contributed by atoms with Crippen molar-refractivity contribution >= 4 is 19.4 Å². The van der Waals surface area contributed by atoms with Crippen molar-refractivity contribution in [3.8, 4) is 0 Å². The maximum atomic E-state index is 6.37. The Kier molecular flexibility index (Phi) is 3.74. The Bertz CT molecular complexity index is 525. The zero-order valence-corrected chi connectivity index (χ0v) is 12.8. The van der Waals surface area contributed by atoms with Crippen molar-refractivity contribution in [2.24, 2.45) is 0 Å². The number of benzene rings is 2. The molecule has 0 spiro atoms. The predicted molar refractivity (Wildman–Crippen MR) is 79.7 cm³/mol. The van der Waals surface area contributed by atoms with E-state index in [0.717, 1.165) is 12.8 Å². The van der Waals surface area contributed by atoms with Gasteiger partial charge >= 0.3 is 121 Å². The van der Waals surface area contributed by atoms with E-state index in [1.54, 1.807) is 0 Å². The van der Waals surface area contributed by atoms with Crippen molar-refractivity contribution in [2.45, 2.75) is 30.4 Å². The molecule has 0 N–H and O–H groups in total. The van der Waals surface area contributed by atoms with Crippen LogP contribution in [0.3, 0.4) is 0 Å². The molecule has 98 valence electrons. The normalized spacial score (nSPS) is 26.5. The van der Waals surface area contributed by atoms with Gasteiger partial charge < -0.3 is 0 Å². The van der Waals surface area contributed by atoms with Gasteiger partial charge in [0.2, 0.25) is 0 Å². The molecule has 1 aliphatic rings. The Hall–Kier alpha value is -1.08. The van der Waals surface area contributed by atoms with Crippen molar-refractivity contribution in [3.05, 3.63) is 66.2 Å². The molecule has 19 heavy (non-hydrogen) atoms. The molecule has 3 rings (SSSR count). The Morgan fingerprint density at radius 1 is 1.00 bits per heavy atom. The topological polar surface area (TPSA) is 9.23 Å². The molecule has 0 bridgehead atoms. The Labute approximate surface area is 121 Å². The molecule has 2 atom stereocenters. The average Bonchev–Trinajstić information content (AvgIpc) is 2.83. The molecule has 1 saturated heterocycles. The van der Waals surface area contributed by atoms with E-state index in [1.165, 1.54) is 10.0 Å². The first-order valence-electron chi connectivity index (χ1n) is 6.72. The van der Waals surface area contributed by atoms with E-state index < -0.39 is 0 Å². The van der Waals surface area contributed by atoms with Gasteiger partial charge in [-0.25, -0.2) is 0 Å². The van der Waals surface area contributed by atoms with Crippen LogP contribution in [0.2, 0.25) is 0 Å². The molecule has 1 heterocycles. The standard InChI is InChI=1S/C17H18OSe/c1-17(19-15-10-6-3-7-11-15)13-12-16(18-17)14-8-4-2-5-9-14/h2-11,16H,12-13H2,1H3. The Morgan fingerprint density at radius 2 is 1.63 bits per heavy atom. The van der Waals surface area contributed by atoms with E-state index in [4.69, 9.17) is 4.74 Å². The number of rotatable bonds is 3.